The molecule has 0 atom stereocenters. The summed E-state index contributed by atoms with van der Waals surface area (Å²) in [5, 5.41) is 9.52. The molecule has 2 aliphatic rings. The maximum absolute atomic E-state index is 13.1. The Kier molecular flexibility index (Phi) is 6.41. The van der Waals surface area contributed by atoms with Crippen LogP contribution in [0.3, 0.4) is 0 Å². The molecule has 2 aromatic rings. The van der Waals surface area contributed by atoms with Crippen LogP contribution in [0.2, 0.25) is 5.02 Å². The first kappa shape index (κ1) is 23.9. The molecule has 0 aromatic carbocycles. The molecule has 33 heavy (non-hydrogen) atoms. The van der Waals surface area contributed by atoms with Crippen molar-refractivity contribution in [2.75, 3.05) is 6.54 Å². The maximum Gasteiger partial charge on any atom is 0.436 e. The highest BCUT2D eigenvalue weighted by atomic mass is 35.5. The molecular formula is C20H22ClF6N5O. The van der Waals surface area contributed by atoms with Crippen LogP contribution >= 0.6 is 11.6 Å². The average molecular weight is 498 g/mol. The van der Waals surface area contributed by atoms with Gasteiger partial charge in [-0.1, -0.05) is 11.6 Å². The van der Waals surface area contributed by atoms with Crippen LogP contribution in [0.1, 0.15) is 73.1 Å². The summed E-state index contributed by atoms with van der Waals surface area (Å²) in [6.45, 7) is 0.356. The van der Waals surface area contributed by atoms with E-state index in [2.05, 4.69) is 15.5 Å². The van der Waals surface area contributed by atoms with Gasteiger partial charge in [0.2, 0.25) is 5.91 Å². The van der Waals surface area contributed by atoms with Crippen molar-refractivity contribution in [3.05, 3.63) is 33.9 Å². The summed E-state index contributed by atoms with van der Waals surface area (Å²) in [4.78, 5) is 12.1. The number of alkyl halides is 6. The quantitative estimate of drug-likeness (QED) is 0.386. The van der Waals surface area contributed by atoms with Crippen molar-refractivity contribution in [1.29, 1.82) is 0 Å². The third-order valence-corrected chi connectivity index (χ3v) is 6.05. The summed E-state index contributed by atoms with van der Waals surface area (Å²) in [5.41, 5.74) is -1.20. The molecule has 0 spiro atoms. The van der Waals surface area contributed by atoms with Crippen LogP contribution in [0.25, 0.3) is 0 Å². The summed E-state index contributed by atoms with van der Waals surface area (Å²) in [5.74, 6) is -0.371. The molecule has 2 aromatic heterocycles. The molecule has 0 unspecified atom stereocenters. The lowest BCUT2D eigenvalue weighted by Crippen LogP contribution is -2.27. The zero-order chi connectivity index (χ0) is 24.0. The molecular weight excluding hydrogens is 476 g/mol. The highest BCUT2D eigenvalue weighted by molar-refractivity contribution is 6.32. The van der Waals surface area contributed by atoms with Crippen molar-refractivity contribution < 1.29 is 31.1 Å². The lowest BCUT2D eigenvalue weighted by Gasteiger charge is -2.09. The van der Waals surface area contributed by atoms with Crippen LogP contribution in [0, 0.1) is 0 Å². The second kappa shape index (κ2) is 8.84. The summed E-state index contributed by atoms with van der Waals surface area (Å²) in [6, 6.07) is 1.04. The first-order valence-corrected chi connectivity index (χ1v) is 11.1. The SMILES string of the molecule is O=C(CCn1nc(C(F)(F)F)cc1C1CC1)NCCCn1nc(C(F)(F)F)c(Cl)c1C1CC1. The molecule has 0 saturated heterocycles. The molecule has 1 amide bonds. The van der Waals surface area contributed by atoms with Crippen LogP contribution in [-0.2, 0) is 30.2 Å². The highest BCUT2D eigenvalue weighted by Gasteiger charge is 2.42. The fourth-order valence-electron chi connectivity index (χ4n) is 3.76. The fraction of sp³-hybridized carbons (Fsp3) is 0.650. The predicted molar refractivity (Wildman–Crippen MR) is 106 cm³/mol. The van der Waals surface area contributed by atoms with Gasteiger partial charge in [-0.2, -0.15) is 36.5 Å². The number of nitrogens with zero attached hydrogens (tertiary/aromatic N) is 4. The van der Waals surface area contributed by atoms with Crippen molar-refractivity contribution in [2.24, 2.45) is 0 Å². The van der Waals surface area contributed by atoms with Gasteiger partial charge in [-0.3, -0.25) is 14.2 Å². The van der Waals surface area contributed by atoms with E-state index in [0.717, 1.165) is 31.7 Å². The van der Waals surface area contributed by atoms with Gasteiger partial charge in [0.15, 0.2) is 11.4 Å². The Labute approximate surface area is 190 Å². The van der Waals surface area contributed by atoms with E-state index in [1.54, 1.807) is 0 Å². The molecule has 2 saturated carbocycles. The van der Waals surface area contributed by atoms with Gasteiger partial charge in [-0.25, -0.2) is 0 Å². The molecule has 2 fully saturated rings. The Morgan fingerprint density at radius 3 is 2.24 bits per heavy atom. The van der Waals surface area contributed by atoms with Crippen LogP contribution in [0.5, 0.6) is 0 Å². The number of carbonyl (C=O) groups is 1. The Morgan fingerprint density at radius 1 is 1.00 bits per heavy atom. The van der Waals surface area contributed by atoms with Crippen LogP contribution in [-0.4, -0.2) is 32.0 Å². The normalized spacial score (nSPS) is 16.9. The molecule has 13 heteroatoms. The van der Waals surface area contributed by atoms with E-state index in [1.165, 1.54) is 9.36 Å². The Bertz CT molecular complexity index is 1020. The highest BCUT2D eigenvalue weighted by Crippen LogP contribution is 2.47. The van der Waals surface area contributed by atoms with Crippen LogP contribution in [0.15, 0.2) is 6.07 Å². The van der Waals surface area contributed by atoms with Crippen LogP contribution in [0.4, 0.5) is 26.3 Å². The number of carbonyl (C=O) groups excluding carboxylic acids is 1. The molecule has 4 rings (SSSR count). The molecule has 2 aliphatic carbocycles. The van der Waals surface area contributed by atoms with Crippen molar-refractivity contribution >= 4 is 17.5 Å². The zero-order valence-corrected chi connectivity index (χ0v) is 18.2. The number of halogens is 7. The summed E-state index contributed by atoms with van der Waals surface area (Å²) in [7, 11) is 0. The third-order valence-electron chi connectivity index (χ3n) is 5.68. The van der Waals surface area contributed by atoms with Crippen molar-refractivity contribution in [1.82, 2.24) is 24.9 Å². The van der Waals surface area contributed by atoms with E-state index in [1.807, 2.05) is 0 Å². The van der Waals surface area contributed by atoms with E-state index >= 15 is 0 Å². The monoisotopic (exact) mass is 497 g/mol. The summed E-state index contributed by atoms with van der Waals surface area (Å²) < 4.78 is 80.7. The largest absolute Gasteiger partial charge is 0.436 e. The van der Waals surface area contributed by atoms with Gasteiger partial charge >= 0.3 is 12.4 Å². The third kappa shape index (κ3) is 5.64. The number of hydrogen-bond acceptors (Lipinski definition) is 3. The van der Waals surface area contributed by atoms with Gasteiger partial charge in [0.1, 0.15) is 0 Å². The second-order valence-electron chi connectivity index (χ2n) is 8.45. The zero-order valence-electron chi connectivity index (χ0n) is 17.4. The lowest BCUT2D eigenvalue weighted by atomic mass is 10.2. The minimum atomic E-state index is -4.64. The molecule has 1 N–H and O–H groups in total. The minimum Gasteiger partial charge on any atom is -0.356 e. The van der Waals surface area contributed by atoms with Gasteiger partial charge in [-0.15, -0.1) is 0 Å². The summed E-state index contributed by atoms with van der Waals surface area (Å²) in [6.07, 6.45) is -5.81. The van der Waals surface area contributed by atoms with Gasteiger partial charge in [-0.05, 0) is 38.2 Å². The number of aryl methyl sites for hydroxylation is 2. The topological polar surface area (TPSA) is 64.7 Å². The van der Waals surface area contributed by atoms with Crippen molar-refractivity contribution in [2.45, 2.75) is 75.8 Å². The van der Waals surface area contributed by atoms with Crippen molar-refractivity contribution in [3.8, 4) is 0 Å². The lowest BCUT2D eigenvalue weighted by molar-refractivity contribution is -0.142. The first-order chi connectivity index (χ1) is 15.4. The van der Waals surface area contributed by atoms with E-state index in [-0.39, 0.29) is 48.8 Å². The molecule has 0 aliphatic heterocycles. The number of aromatic nitrogens is 4. The van der Waals surface area contributed by atoms with Gasteiger partial charge in [0.05, 0.1) is 10.7 Å². The van der Waals surface area contributed by atoms with E-state index in [9.17, 15) is 31.1 Å². The average Bonchev–Trinajstić information content (AvgIpc) is 3.64. The Balaban J connectivity index is 1.28. The Hall–Kier alpha value is -2.24. The maximum atomic E-state index is 13.1. The number of hydrogen-bond donors (Lipinski definition) is 1. The first-order valence-electron chi connectivity index (χ1n) is 10.7. The smallest absolute Gasteiger partial charge is 0.356 e. The van der Waals surface area contributed by atoms with E-state index < -0.39 is 23.7 Å². The van der Waals surface area contributed by atoms with E-state index in [4.69, 9.17) is 11.6 Å². The predicted octanol–water partition coefficient (Wildman–Crippen LogP) is 5.12. The molecule has 2 heterocycles. The van der Waals surface area contributed by atoms with Gasteiger partial charge in [0, 0.05) is 43.6 Å². The number of rotatable bonds is 9. The molecule has 0 bridgehead atoms. The van der Waals surface area contributed by atoms with E-state index in [0.29, 0.717) is 17.8 Å². The van der Waals surface area contributed by atoms with Crippen LogP contribution < -0.4 is 5.32 Å². The fourth-order valence-corrected chi connectivity index (χ4v) is 4.16. The molecule has 6 nitrogen and oxygen atoms in total. The number of amides is 1. The standard InChI is InChI=1S/C20H22ClF6N5O/c21-16-17(12-4-5-12)32(30-18(16)20(25,26)27)8-1-7-28-15(33)6-9-31-13(11-2-3-11)10-14(29-31)19(22,23)24/h10-12H,1-9H2,(H,28,33). The molecule has 182 valence electrons. The Morgan fingerprint density at radius 2 is 1.67 bits per heavy atom. The second-order valence-corrected chi connectivity index (χ2v) is 8.82. The van der Waals surface area contributed by atoms with Gasteiger partial charge < -0.3 is 5.32 Å². The van der Waals surface area contributed by atoms with Crippen molar-refractivity contribution in [3.63, 3.8) is 0 Å². The summed E-state index contributed by atoms with van der Waals surface area (Å²) >= 11 is 5.93. The van der Waals surface area contributed by atoms with Gasteiger partial charge in [0.25, 0.3) is 0 Å². The molecule has 0 radical (unpaired) electrons. The minimum absolute atomic E-state index is 0.0171. The number of nitrogens with one attached hydrogen (secondary N) is 1.